The van der Waals surface area contributed by atoms with E-state index in [4.69, 9.17) is 5.11 Å². The van der Waals surface area contributed by atoms with Crippen molar-refractivity contribution in [3.8, 4) is 0 Å². The molecule has 14 heavy (non-hydrogen) atoms. The van der Waals surface area contributed by atoms with Crippen LogP contribution in [-0.2, 0) is 0 Å². The van der Waals surface area contributed by atoms with E-state index in [1.54, 1.807) is 0 Å². The number of aliphatic hydroxyl groups is 1. The molecule has 78 valence electrons. The lowest BCUT2D eigenvalue weighted by atomic mass is 10.0. The van der Waals surface area contributed by atoms with Crippen molar-refractivity contribution in [1.29, 1.82) is 0 Å². The van der Waals surface area contributed by atoms with E-state index in [1.807, 2.05) is 6.07 Å². The summed E-state index contributed by atoms with van der Waals surface area (Å²) in [4.78, 5) is 2.19. The van der Waals surface area contributed by atoms with Gasteiger partial charge in [0.1, 0.15) is 0 Å². The van der Waals surface area contributed by atoms with Gasteiger partial charge >= 0.3 is 0 Å². The molecule has 0 amide bonds. The first kappa shape index (κ1) is 11.2. The first-order valence-corrected chi connectivity index (χ1v) is 5.15. The van der Waals surface area contributed by atoms with Crippen molar-refractivity contribution < 1.29 is 5.11 Å². The van der Waals surface area contributed by atoms with Crippen molar-refractivity contribution in [3.05, 3.63) is 35.9 Å². The first-order chi connectivity index (χ1) is 6.79. The quantitative estimate of drug-likeness (QED) is 0.773. The zero-order valence-electron chi connectivity index (χ0n) is 8.98. The highest BCUT2D eigenvalue weighted by molar-refractivity contribution is 5.18. The summed E-state index contributed by atoms with van der Waals surface area (Å²) in [7, 11) is 2.05. The molecule has 0 unspecified atom stereocenters. The van der Waals surface area contributed by atoms with Gasteiger partial charge in [0.15, 0.2) is 0 Å². The van der Waals surface area contributed by atoms with Crippen LogP contribution in [0.5, 0.6) is 0 Å². The fourth-order valence-corrected chi connectivity index (χ4v) is 1.79. The Balaban J connectivity index is 2.71. The summed E-state index contributed by atoms with van der Waals surface area (Å²) in [6, 6.07) is 10.9. The highest BCUT2D eigenvalue weighted by atomic mass is 16.3. The fraction of sp³-hybridized carbons (Fsp3) is 0.500. The Labute approximate surface area is 86.2 Å². The largest absolute Gasteiger partial charge is 0.395 e. The molecule has 0 aliphatic heterocycles. The van der Waals surface area contributed by atoms with Gasteiger partial charge in [-0.05, 0) is 19.0 Å². The van der Waals surface area contributed by atoms with E-state index >= 15 is 0 Å². The van der Waals surface area contributed by atoms with Gasteiger partial charge in [-0.3, -0.25) is 4.90 Å². The summed E-state index contributed by atoms with van der Waals surface area (Å²) in [5.74, 6) is 0. The molecule has 1 rings (SSSR count). The van der Waals surface area contributed by atoms with E-state index in [0.29, 0.717) is 6.04 Å². The maximum atomic E-state index is 8.89. The lowest BCUT2D eigenvalue weighted by Crippen LogP contribution is -2.27. The van der Waals surface area contributed by atoms with Gasteiger partial charge < -0.3 is 5.11 Å². The summed E-state index contributed by atoms with van der Waals surface area (Å²) in [5, 5.41) is 8.89. The second kappa shape index (κ2) is 5.78. The van der Waals surface area contributed by atoms with Gasteiger partial charge in [-0.25, -0.2) is 0 Å². The molecule has 0 heterocycles. The van der Waals surface area contributed by atoms with Crippen LogP contribution >= 0.6 is 0 Å². The zero-order chi connectivity index (χ0) is 10.4. The molecule has 1 aromatic carbocycles. The Bertz CT molecular complexity index is 248. The van der Waals surface area contributed by atoms with Crippen LogP contribution < -0.4 is 0 Å². The van der Waals surface area contributed by atoms with E-state index in [1.165, 1.54) is 5.56 Å². The topological polar surface area (TPSA) is 23.5 Å². The molecule has 0 saturated carbocycles. The number of hydrogen-bond donors (Lipinski definition) is 1. The van der Waals surface area contributed by atoms with Gasteiger partial charge in [0.2, 0.25) is 0 Å². The van der Waals surface area contributed by atoms with Crippen molar-refractivity contribution in [2.75, 3.05) is 20.2 Å². The highest BCUT2D eigenvalue weighted by Crippen LogP contribution is 2.21. The van der Waals surface area contributed by atoms with Crippen molar-refractivity contribution in [1.82, 2.24) is 4.90 Å². The highest BCUT2D eigenvalue weighted by Gasteiger charge is 2.13. The molecule has 0 saturated heterocycles. The predicted molar refractivity (Wildman–Crippen MR) is 59.2 cm³/mol. The molecule has 0 radical (unpaired) electrons. The molecule has 0 spiro atoms. The van der Waals surface area contributed by atoms with Gasteiger partial charge in [0.05, 0.1) is 6.61 Å². The molecule has 0 aliphatic rings. The number of rotatable bonds is 5. The summed E-state index contributed by atoms with van der Waals surface area (Å²) >= 11 is 0. The van der Waals surface area contributed by atoms with Crippen LogP contribution in [0.4, 0.5) is 0 Å². The third-order valence-corrected chi connectivity index (χ3v) is 2.56. The molecule has 1 aromatic rings. The fourth-order valence-electron chi connectivity index (χ4n) is 1.79. The minimum Gasteiger partial charge on any atom is -0.395 e. The summed E-state index contributed by atoms with van der Waals surface area (Å²) in [6.07, 6.45) is 1.07. The van der Waals surface area contributed by atoms with Crippen molar-refractivity contribution >= 4 is 0 Å². The van der Waals surface area contributed by atoms with Gasteiger partial charge in [-0.1, -0.05) is 37.3 Å². The van der Waals surface area contributed by atoms with Crippen LogP contribution in [0.1, 0.15) is 24.9 Å². The molecular formula is C12H19NO. The summed E-state index contributed by atoms with van der Waals surface area (Å²) in [5.41, 5.74) is 1.32. The second-order valence-electron chi connectivity index (χ2n) is 3.54. The van der Waals surface area contributed by atoms with E-state index < -0.39 is 0 Å². The lowest BCUT2D eigenvalue weighted by Gasteiger charge is -2.26. The average Bonchev–Trinajstić information content (AvgIpc) is 2.21. The van der Waals surface area contributed by atoms with Gasteiger partial charge in [-0.15, -0.1) is 0 Å². The molecule has 2 heteroatoms. The molecule has 0 fully saturated rings. The number of aliphatic hydroxyl groups excluding tert-OH is 1. The van der Waals surface area contributed by atoms with E-state index in [9.17, 15) is 0 Å². The maximum Gasteiger partial charge on any atom is 0.0558 e. The van der Waals surface area contributed by atoms with Crippen LogP contribution in [0.15, 0.2) is 30.3 Å². The van der Waals surface area contributed by atoms with Crippen LogP contribution in [-0.4, -0.2) is 30.2 Å². The van der Waals surface area contributed by atoms with Crippen molar-refractivity contribution in [2.24, 2.45) is 0 Å². The van der Waals surface area contributed by atoms with Crippen LogP contribution in [0.3, 0.4) is 0 Å². The van der Waals surface area contributed by atoms with Crippen molar-refractivity contribution in [2.45, 2.75) is 19.4 Å². The van der Waals surface area contributed by atoms with E-state index in [-0.39, 0.29) is 6.61 Å². The van der Waals surface area contributed by atoms with Crippen molar-refractivity contribution in [3.63, 3.8) is 0 Å². The normalized spacial score (nSPS) is 13.1. The third kappa shape index (κ3) is 2.82. The molecule has 1 N–H and O–H groups in total. The molecule has 0 aliphatic carbocycles. The van der Waals surface area contributed by atoms with Crippen LogP contribution in [0.2, 0.25) is 0 Å². The Morgan fingerprint density at radius 2 is 1.93 bits per heavy atom. The standard InChI is InChI=1S/C12H19NO/c1-3-12(13(2)9-10-14)11-7-5-4-6-8-11/h4-8,12,14H,3,9-10H2,1-2H3/t12-/m1/s1. The maximum absolute atomic E-state index is 8.89. The number of nitrogens with zero attached hydrogens (tertiary/aromatic N) is 1. The van der Waals surface area contributed by atoms with Gasteiger partial charge in [-0.2, -0.15) is 0 Å². The van der Waals surface area contributed by atoms with E-state index in [0.717, 1.165) is 13.0 Å². The lowest BCUT2D eigenvalue weighted by molar-refractivity contribution is 0.177. The van der Waals surface area contributed by atoms with Gasteiger partial charge in [0, 0.05) is 12.6 Å². The summed E-state index contributed by atoms with van der Waals surface area (Å²) in [6.45, 7) is 3.12. The Morgan fingerprint density at radius 3 is 2.43 bits per heavy atom. The third-order valence-electron chi connectivity index (χ3n) is 2.56. The minimum atomic E-state index is 0.222. The zero-order valence-corrected chi connectivity index (χ0v) is 8.98. The number of likely N-dealkylation sites (N-methyl/N-ethyl adjacent to an activating group) is 1. The Kier molecular flexibility index (Phi) is 4.63. The minimum absolute atomic E-state index is 0.222. The molecular weight excluding hydrogens is 174 g/mol. The molecule has 0 bridgehead atoms. The SMILES string of the molecule is CC[C@H](c1ccccc1)N(C)CCO. The van der Waals surface area contributed by atoms with Crippen LogP contribution in [0, 0.1) is 0 Å². The smallest absolute Gasteiger partial charge is 0.0558 e. The first-order valence-electron chi connectivity index (χ1n) is 5.15. The monoisotopic (exact) mass is 193 g/mol. The summed E-state index contributed by atoms with van der Waals surface area (Å²) < 4.78 is 0. The average molecular weight is 193 g/mol. The number of hydrogen-bond acceptors (Lipinski definition) is 2. The number of benzene rings is 1. The van der Waals surface area contributed by atoms with Gasteiger partial charge in [0.25, 0.3) is 0 Å². The molecule has 1 atom stereocenters. The molecule has 2 nitrogen and oxygen atoms in total. The molecule has 0 aromatic heterocycles. The van der Waals surface area contributed by atoms with E-state index in [2.05, 4.69) is 43.1 Å². The predicted octanol–water partition coefficient (Wildman–Crippen LogP) is 2.06. The Morgan fingerprint density at radius 1 is 1.29 bits per heavy atom. The second-order valence-corrected chi connectivity index (χ2v) is 3.54. The van der Waals surface area contributed by atoms with Crippen LogP contribution in [0.25, 0.3) is 0 Å². The Hall–Kier alpha value is -0.860.